The number of sulfonamides is 1. The lowest BCUT2D eigenvalue weighted by atomic mass is 10.1. The van der Waals surface area contributed by atoms with Crippen LogP contribution in [0, 0.1) is 0 Å². The molecule has 1 unspecified atom stereocenters. The number of hydrogen-bond donors (Lipinski definition) is 1. The fourth-order valence-electron chi connectivity index (χ4n) is 1.37. The van der Waals surface area contributed by atoms with Gasteiger partial charge in [0.2, 0.25) is 10.0 Å². The van der Waals surface area contributed by atoms with Gasteiger partial charge in [0, 0.05) is 10.8 Å². The van der Waals surface area contributed by atoms with E-state index in [4.69, 9.17) is 0 Å². The number of carbonyl (C=O) groups is 2. The first-order valence-corrected chi connectivity index (χ1v) is 6.60. The van der Waals surface area contributed by atoms with Crippen molar-refractivity contribution in [3.8, 4) is 0 Å². The zero-order valence-corrected chi connectivity index (χ0v) is 9.72. The molecule has 8 heteroatoms. The van der Waals surface area contributed by atoms with Crippen molar-refractivity contribution in [1.29, 1.82) is 0 Å². The highest BCUT2D eigenvalue weighted by molar-refractivity contribution is 7.90. The molecule has 86 valence electrons. The third-order valence-electron chi connectivity index (χ3n) is 2.15. The summed E-state index contributed by atoms with van der Waals surface area (Å²) in [5, 5.41) is 2.76. The number of carbonyl (C=O) groups excluding carboxylic acids is 2. The maximum absolute atomic E-state index is 11.7. The number of thiophene rings is 1. The molecule has 1 aromatic heterocycles. The second kappa shape index (κ2) is 3.65. The van der Waals surface area contributed by atoms with Crippen LogP contribution in [0.3, 0.4) is 0 Å². The van der Waals surface area contributed by atoms with E-state index in [0.29, 0.717) is 0 Å². The van der Waals surface area contributed by atoms with E-state index in [0.717, 1.165) is 18.4 Å². The second-order valence-electron chi connectivity index (χ2n) is 3.09. The van der Waals surface area contributed by atoms with Crippen LogP contribution < -0.4 is 4.72 Å². The molecule has 16 heavy (non-hydrogen) atoms. The second-order valence-corrected chi connectivity index (χ2v) is 5.52. The summed E-state index contributed by atoms with van der Waals surface area (Å²) >= 11 is 1.09. The Labute approximate surface area is 95.3 Å². The van der Waals surface area contributed by atoms with Crippen LogP contribution in [0.4, 0.5) is 0 Å². The molecule has 0 bridgehead atoms. The summed E-state index contributed by atoms with van der Waals surface area (Å²) in [7, 11) is -2.71. The molecule has 1 N–H and O–H groups in total. The summed E-state index contributed by atoms with van der Waals surface area (Å²) in [5.41, 5.74) is 0.0409. The first-order valence-electron chi connectivity index (χ1n) is 4.18. The highest BCUT2D eigenvalue weighted by Crippen LogP contribution is 2.26. The van der Waals surface area contributed by atoms with E-state index in [2.05, 4.69) is 4.74 Å². The smallest absolute Gasteiger partial charge is 0.332 e. The summed E-state index contributed by atoms with van der Waals surface area (Å²) in [6.07, 6.45) is 0. The first-order chi connectivity index (χ1) is 7.47. The Morgan fingerprint density at radius 1 is 1.50 bits per heavy atom. The van der Waals surface area contributed by atoms with Crippen molar-refractivity contribution >= 4 is 33.1 Å². The normalized spacial score (nSPS) is 22.6. The van der Waals surface area contributed by atoms with Crippen molar-refractivity contribution < 1.29 is 22.7 Å². The van der Waals surface area contributed by atoms with Crippen LogP contribution >= 0.6 is 11.3 Å². The molecule has 1 atom stereocenters. The monoisotopic (exact) mass is 261 g/mol. The quantitative estimate of drug-likeness (QED) is 0.557. The number of esters is 1. The van der Waals surface area contributed by atoms with Crippen molar-refractivity contribution in [2.45, 2.75) is 10.9 Å². The van der Waals surface area contributed by atoms with Crippen molar-refractivity contribution in [2.24, 2.45) is 0 Å². The predicted molar refractivity (Wildman–Crippen MR) is 54.8 cm³/mol. The molecule has 2 heterocycles. The predicted octanol–water partition coefficient (Wildman–Crippen LogP) is -0.236. The van der Waals surface area contributed by atoms with Gasteiger partial charge in [0.15, 0.2) is 11.8 Å². The Morgan fingerprint density at radius 3 is 2.81 bits per heavy atom. The van der Waals surface area contributed by atoms with Crippen molar-refractivity contribution in [1.82, 2.24) is 4.72 Å². The number of fused-ring (bicyclic) bond motifs is 1. The van der Waals surface area contributed by atoms with Crippen LogP contribution in [-0.4, -0.2) is 33.3 Å². The number of hydrogen-bond acceptors (Lipinski definition) is 6. The number of rotatable bonds is 1. The summed E-state index contributed by atoms with van der Waals surface area (Å²) in [6, 6.07) is -1.47. The largest absolute Gasteiger partial charge is 0.467 e. The summed E-state index contributed by atoms with van der Waals surface area (Å²) in [4.78, 5) is 22.9. The molecular formula is C8H7NO5S2. The molecule has 0 saturated heterocycles. The minimum Gasteiger partial charge on any atom is -0.467 e. The Morgan fingerprint density at radius 2 is 2.19 bits per heavy atom. The Bertz CT molecular complexity index is 559. The Balaban J connectivity index is 2.55. The molecule has 0 amide bonds. The fourth-order valence-corrected chi connectivity index (χ4v) is 3.91. The lowest BCUT2D eigenvalue weighted by molar-refractivity contribution is -0.141. The molecule has 6 nitrogen and oxygen atoms in total. The lowest BCUT2D eigenvalue weighted by Gasteiger charge is -2.20. The van der Waals surface area contributed by atoms with Gasteiger partial charge in [-0.05, 0) is 0 Å². The SMILES string of the molecule is COC(=O)C1NS(=O)(=O)c2cscc2C1=O. The van der Waals surface area contributed by atoms with Crippen molar-refractivity contribution in [3.63, 3.8) is 0 Å². The van der Waals surface area contributed by atoms with Gasteiger partial charge in [-0.15, -0.1) is 0 Å². The summed E-state index contributed by atoms with van der Waals surface area (Å²) in [5.74, 6) is -1.50. The van der Waals surface area contributed by atoms with Gasteiger partial charge >= 0.3 is 5.97 Å². The van der Waals surface area contributed by atoms with Gasteiger partial charge in [-0.1, -0.05) is 0 Å². The minimum absolute atomic E-state index is 0.0409. The summed E-state index contributed by atoms with van der Waals surface area (Å²) < 4.78 is 29.6. The number of ether oxygens (including phenoxy) is 1. The van der Waals surface area contributed by atoms with E-state index in [1.165, 1.54) is 10.8 Å². The molecular weight excluding hydrogens is 254 g/mol. The molecule has 0 aromatic carbocycles. The highest BCUT2D eigenvalue weighted by atomic mass is 32.2. The minimum atomic E-state index is -3.80. The van der Waals surface area contributed by atoms with Gasteiger partial charge in [-0.2, -0.15) is 16.1 Å². The van der Waals surface area contributed by atoms with Gasteiger partial charge < -0.3 is 4.74 Å². The van der Waals surface area contributed by atoms with Gasteiger partial charge in [-0.3, -0.25) is 4.79 Å². The van der Waals surface area contributed by atoms with Crippen LogP contribution in [0.25, 0.3) is 0 Å². The molecule has 1 aromatic rings. The van der Waals surface area contributed by atoms with Crippen LogP contribution in [0.5, 0.6) is 0 Å². The number of ketones is 1. The van der Waals surface area contributed by atoms with Crippen molar-refractivity contribution in [3.05, 3.63) is 16.3 Å². The first kappa shape index (κ1) is 11.2. The standard InChI is InChI=1S/C8H7NO5S2/c1-14-8(11)6-7(10)4-2-15-3-5(4)16(12,13)9-6/h2-3,6,9H,1H3. The molecule has 0 fully saturated rings. The zero-order valence-electron chi connectivity index (χ0n) is 8.09. The van der Waals surface area contributed by atoms with Crippen LogP contribution in [0.1, 0.15) is 10.4 Å². The molecule has 2 rings (SSSR count). The molecule has 0 aliphatic carbocycles. The van der Waals surface area contributed by atoms with Gasteiger partial charge in [0.05, 0.1) is 12.7 Å². The highest BCUT2D eigenvalue weighted by Gasteiger charge is 2.41. The third-order valence-corrected chi connectivity index (χ3v) is 4.51. The maximum atomic E-state index is 11.7. The topological polar surface area (TPSA) is 89.5 Å². The molecule has 0 spiro atoms. The third kappa shape index (κ3) is 1.55. The number of Topliss-reactive ketones (excluding diaryl/α,β-unsaturated/α-hetero) is 1. The fraction of sp³-hybridized carbons (Fsp3) is 0.250. The molecule has 1 aliphatic rings. The number of nitrogens with one attached hydrogen (secondary N) is 1. The van der Waals surface area contributed by atoms with E-state index < -0.39 is 27.8 Å². The van der Waals surface area contributed by atoms with Crippen LogP contribution in [0.2, 0.25) is 0 Å². The molecule has 1 aliphatic heterocycles. The van der Waals surface area contributed by atoms with E-state index in [1.807, 2.05) is 4.72 Å². The van der Waals surface area contributed by atoms with Crippen LogP contribution in [0.15, 0.2) is 15.7 Å². The molecule has 0 radical (unpaired) electrons. The van der Waals surface area contributed by atoms with E-state index in [1.54, 1.807) is 0 Å². The Hall–Kier alpha value is -1.25. The summed E-state index contributed by atoms with van der Waals surface area (Å²) in [6.45, 7) is 0. The lowest BCUT2D eigenvalue weighted by Crippen LogP contribution is -2.50. The van der Waals surface area contributed by atoms with Crippen LogP contribution in [-0.2, 0) is 19.6 Å². The maximum Gasteiger partial charge on any atom is 0.332 e. The molecule has 0 saturated carbocycles. The van der Waals surface area contributed by atoms with E-state index in [-0.39, 0.29) is 10.5 Å². The van der Waals surface area contributed by atoms with Gasteiger partial charge in [-0.25, -0.2) is 13.2 Å². The van der Waals surface area contributed by atoms with E-state index in [9.17, 15) is 18.0 Å². The number of methoxy groups -OCH3 is 1. The Kier molecular flexibility index (Phi) is 2.56. The average Bonchev–Trinajstić information content (AvgIpc) is 2.72. The van der Waals surface area contributed by atoms with Gasteiger partial charge in [0.1, 0.15) is 4.90 Å². The van der Waals surface area contributed by atoms with Crippen molar-refractivity contribution in [2.75, 3.05) is 7.11 Å². The zero-order chi connectivity index (χ0) is 11.9. The van der Waals surface area contributed by atoms with E-state index >= 15 is 0 Å². The average molecular weight is 261 g/mol. The van der Waals surface area contributed by atoms with Gasteiger partial charge in [0.25, 0.3) is 0 Å².